The average molecular weight is 252 g/mol. The summed E-state index contributed by atoms with van der Waals surface area (Å²) in [6.07, 6.45) is 3.83. The van der Waals surface area contributed by atoms with E-state index in [1.165, 1.54) is 16.7 Å². The molecular weight excluding hydrogens is 232 g/mol. The third-order valence-corrected chi connectivity index (χ3v) is 3.10. The molecule has 0 saturated heterocycles. The zero-order valence-electron chi connectivity index (χ0n) is 11.4. The highest BCUT2D eigenvalue weighted by atomic mass is 16.5. The summed E-state index contributed by atoms with van der Waals surface area (Å²) >= 11 is 0. The van der Waals surface area contributed by atoms with Gasteiger partial charge >= 0.3 is 0 Å². The van der Waals surface area contributed by atoms with Crippen molar-refractivity contribution in [2.45, 2.75) is 19.8 Å². The van der Waals surface area contributed by atoms with Crippen LogP contribution in [0.3, 0.4) is 0 Å². The van der Waals surface area contributed by atoms with Crippen LogP contribution in [0.2, 0.25) is 0 Å². The Kier molecular flexibility index (Phi) is 5.24. The molecule has 0 fully saturated rings. The molecule has 1 heteroatoms. The van der Waals surface area contributed by atoms with Crippen molar-refractivity contribution in [3.05, 3.63) is 78.1 Å². The number of allylic oxidation sites excluding steroid dienone is 1. The van der Waals surface area contributed by atoms with E-state index in [1.54, 1.807) is 0 Å². The molecule has 0 heterocycles. The van der Waals surface area contributed by atoms with Crippen LogP contribution >= 0.6 is 0 Å². The Morgan fingerprint density at radius 3 is 2.21 bits per heavy atom. The lowest BCUT2D eigenvalue weighted by molar-refractivity contribution is 0.254. The van der Waals surface area contributed by atoms with Gasteiger partial charge in [-0.05, 0) is 23.1 Å². The smallest absolute Gasteiger partial charge is 0.0913 e. The van der Waals surface area contributed by atoms with Crippen molar-refractivity contribution in [1.29, 1.82) is 0 Å². The number of benzene rings is 2. The summed E-state index contributed by atoms with van der Waals surface area (Å²) in [4.78, 5) is 0. The molecule has 0 unspecified atom stereocenters. The third kappa shape index (κ3) is 4.29. The predicted molar refractivity (Wildman–Crippen MR) is 80.8 cm³/mol. The van der Waals surface area contributed by atoms with E-state index in [0.717, 1.165) is 19.4 Å². The van der Waals surface area contributed by atoms with E-state index < -0.39 is 0 Å². The molecule has 1 nitrogen and oxygen atoms in total. The zero-order chi connectivity index (χ0) is 13.3. The fourth-order valence-corrected chi connectivity index (χ4v) is 1.99. The largest absolute Gasteiger partial charge is 0.501 e. The molecule has 0 radical (unpaired) electrons. The summed E-state index contributed by atoms with van der Waals surface area (Å²) in [5.41, 5.74) is 3.80. The lowest BCUT2D eigenvalue weighted by Gasteiger charge is -2.06. The summed E-state index contributed by atoms with van der Waals surface area (Å²) in [5, 5.41) is 0. The first-order chi connectivity index (χ1) is 9.40. The number of hydrogen-bond donors (Lipinski definition) is 0. The highest BCUT2D eigenvalue weighted by Crippen LogP contribution is 2.17. The third-order valence-electron chi connectivity index (χ3n) is 3.10. The Balaban J connectivity index is 1.87. The van der Waals surface area contributed by atoms with E-state index in [4.69, 9.17) is 4.74 Å². The molecule has 0 aliphatic carbocycles. The van der Waals surface area contributed by atoms with Gasteiger partial charge in [0.25, 0.3) is 0 Å². The van der Waals surface area contributed by atoms with Gasteiger partial charge in [-0.2, -0.15) is 0 Å². The summed E-state index contributed by atoms with van der Waals surface area (Å²) in [5.74, 6) is 0. The van der Waals surface area contributed by atoms with Gasteiger partial charge in [-0.25, -0.2) is 0 Å². The molecule has 0 saturated carbocycles. The second kappa shape index (κ2) is 7.42. The molecule has 98 valence electrons. The minimum absolute atomic E-state index is 0.723. The van der Waals surface area contributed by atoms with Gasteiger partial charge in [0.1, 0.15) is 0 Å². The van der Waals surface area contributed by atoms with Gasteiger partial charge < -0.3 is 4.74 Å². The fourth-order valence-electron chi connectivity index (χ4n) is 1.99. The molecule has 2 rings (SSSR count). The van der Waals surface area contributed by atoms with Crippen molar-refractivity contribution in [3.8, 4) is 0 Å². The Labute approximate surface area is 115 Å². The Hall–Kier alpha value is -2.02. The lowest BCUT2D eigenvalue weighted by atomic mass is 10.1. The summed E-state index contributed by atoms with van der Waals surface area (Å²) in [7, 11) is 0. The second-order valence-electron chi connectivity index (χ2n) is 4.47. The normalized spacial score (nSPS) is 11.3. The molecular formula is C18H20O. The Bertz CT molecular complexity index is 500. The summed E-state index contributed by atoms with van der Waals surface area (Å²) in [6.45, 7) is 2.87. The van der Waals surface area contributed by atoms with Gasteiger partial charge in [0, 0.05) is 6.42 Å². The highest BCUT2D eigenvalue weighted by Gasteiger charge is 1.98. The highest BCUT2D eigenvalue weighted by molar-refractivity contribution is 5.64. The maximum Gasteiger partial charge on any atom is 0.0913 e. The van der Waals surface area contributed by atoms with Crippen LogP contribution < -0.4 is 0 Å². The molecule has 0 bridgehead atoms. The first kappa shape index (κ1) is 13.4. The van der Waals surface area contributed by atoms with E-state index in [0.29, 0.717) is 0 Å². The van der Waals surface area contributed by atoms with Crippen LogP contribution in [-0.4, -0.2) is 6.61 Å². The number of hydrogen-bond acceptors (Lipinski definition) is 1. The van der Waals surface area contributed by atoms with E-state index in [-0.39, 0.29) is 0 Å². The molecule has 2 aromatic carbocycles. The molecule has 19 heavy (non-hydrogen) atoms. The molecule has 0 spiro atoms. The van der Waals surface area contributed by atoms with Crippen molar-refractivity contribution >= 4 is 5.57 Å². The van der Waals surface area contributed by atoms with Crippen LogP contribution in [0.1, 0.15) is 24.5 Å². The first-order valence-corrected chi connectivity index (χ1v) is 6.80. The second-order valence-corrected chi connectivity index (χ2v) is 4.47. The molecule has 0 atom stereocenters. The van der Waals surface area contributed by atoms with Crippen LogP contribution in [0.25, 0.3) is 5.57 Å². The van der Waals surface area contributed by atoms with Crippen LogP contribution in [0.4, 0.5) is 0 Å². The molecule has 0 N–H and O–H groups in total. The molecule has 0 amide bonds. The van der Waals surface area contributed by atoms with Gasteiger partial charge in [-0.1, -0.05) is 67.6 Å². The first-order valence-electron chi connectivity index (χ1n) is 6.80. The van der Waals surface area contributed by atoms with E-state index in [1.807, 2.05) is 18.4 Å². The van der Waals surface area contributed by atoms with Gasteiger partial charge in [-0.15, -0.1) is 0 Å². The van der Waals surface area contributed by atoms with Crippen LogP contribution in [0, 0.1) is 0 Å². The Morgan fingerprint density at radius 2 is 1.58 bits per heavy atom. The average Bonchev–Trinajstić information content (AvgIpc) is 2.49. The zero-order valence-corrected chi connectivity index (χ0v) is 11.4. The van der Waals surface area contributed by atoms with Crippen molar-refractivity contribution in [3.63, 3.8) is 0 Å². The monoisotopic (exact) mass is 252 g/mol. The van der Waals surface area contributed by atoms with Crippen molar-refractivity contribution < 1.29 is 4.74 Å². The maximum absolute atomic E-state index is 5.68. The predicted octanol–water partition coefficient (Wildman–Crippen LogP) is 4.70. The quantitative estimate of drug-likeness (QED) is 0.535. The van der Waals surface area contributed by atoms with E-state index in [2.05, 4.69) is 55.5 Å². The number of ether oxygens (including phenoxy) is 1. The van der Waals surface area contributed by atoms with E-state index >= 15 is 0 Å². The summed E-state index contributed by atoms with van der Waals surface area (Å²) in [6, 6.07) is 20.8. The van der Waals surface area contributed by atoms with Crippen LogP contribution in [0.5, 0.6) is 0 Å². The van der Waals surface area contributed by atoms with Gasteiger partial charge in [0.2, 0.25) is 0 Å². The summed E-state index contributed by atoms with van der Waals surface area (Å²) < 4.78 is 5.68. The fraction of sp³-hybridized carbons (Fsp3) is 0.222. The molecule has 2 aromatic rings. The van der Waals surface area contributed by atoms with Crippen LogP contribution in [-0.2, 0) is 11.2 Å². The van der Waals surface area contributed by atoms with Crippen LogP contribution in [0.15, 0.2) is 66.9 Å². The van der Waals surface area contributed by atoms with Crippen molar-refractivity contribution in [1.82, 2.24) is 0 Å². The minimum atomic E-state index is 0.723. The number of rotatable bonds is 6. The van der Waals surface area contributed by atoms with Gasteiger partial charge in [0.15, 0.2) is 0 Å². The van der Waals surface area contributed by atoms with Crippen molar-refractivity contribution in [2.24, 2.45) is 0 Å². The van der Waals surface area contributed by atoms with Crippen molar-refractivity contribution in [2.75, 3.05) is 6.61 Å². The topological polar surface area (TPSA) is 9.23 Å². The minimum Gasteiger partial charge on any atom is -0.501 e. The lowest BCUT2D eigenvalue weighted by Crippen LogP contribution is -1.94. The molecule has 0 aromatic heterocycles. The molecule has 0 aliphatic rings. The Morgan fingerprint density at radius 1 is 0.947 bits per heavy atom. The van der Waals surface area contributed by atoms with E-state index in [9.17, 15) is 0 Å². The standard InChI is InChI=1S/C18H20O/c1-2-17(18-11-7-4-8-12-18)15-19-14-13-16-9-5-3-6-10-16/h3-12,15H,2,13-14H2,1H3. The maximum atomic E-state index is 5.68. The SMILES string of the molecule is CCC(=COCCc1ccccc1)c1ccccc1. The van der Waals surface area contributed by atoms with Gasteiger partial charge in [-0.3, -0.25) is 0 Å². The molecule has 0 aliphatic heterocycles. The van der Waals surface area contributed by atoms with Gasteiger partial charge in [0.05, 0.1) is 12.9 Å².